The molecule has 0 saturated heterocycles. The monoisotopic (exact) mass is 248 g/mol. The summed E-state index contributed by atoms with van der Waals surface area (Å²) in [6, 6.07) is 5.73. The van der Waals surface area contributed by atoms with Gasteiger partial charge < -0.3 is 15.7 Å². The Morgan fingerprint density at radius 2 is 2.17 bits per heavy atom. The molecular formula is C14H20N2O2. The van der Waals surface area contributed by atoms with E-state index < -0.39 is 0 Å². The van der Waals surface area contributed by atoms with Crippen molar-refractivity contribution in [3.05, 3.63) is 29.3 Å². The Kier molecular flexibility index (Phi) is 4.07. The Morgan fingerprint density at radius 1 is 1.44 bits per heavy atom. The Bertz CT molecular complexity index is 437. The van der Waals surface area contributed by atoms with Crippen molar-refractivity contribution in [3.63, 3.8) is 0 Å². The third-order valence-electron chi connectivity index (χ3n) is 3.47. The van der Waals surface area contributed by atoms with Crippen LogP contribution in [0.25, 0.3) is 0 Å². The number of amidine groups is 1. The quantitative estimate of drug-likeness (QED) is 0.372. The molecule has 0 amide bonds. The highest BCUT2D eigenvalue weighted by Gasteiger charge is 2.17. The lowest BCUT2D eigenvalue weighted by Crippen LogP contribution is -2.16. The van der Waals surface area contributed by atoms with E-state index in [0.717, 1.165) is 12.2 Å². The van der Waals surface area contributed by atoms with E-state index in [9.17, 15) is 0 Å². The second kappa shape index (κ2) is 5.76. The molecule has 1 aromatic carbocycles. The molecule has 0 radical (unpaired) electrons. The third kappa shape index (κ3) is 2.94. The van der Waals surface area contributed by atoms with Gasteiger partial charge >= 0.3 is 0 Å². The van der Waals surface area contributed by atoms with Crippen LogP contribution in [0.5, 0.6) is 5.75 Å². The molecule has 0 aliphatic heterocycles. The first-order chi connectivity index (χ1) is 8.70. The summed E-state index contributed by atoms with van der Waals surface area (Å²) in [5, 5.41) is 11.8. The highest BCUT2D eigenvalue weighted by Crippen LogP contribution is 2.27. The molecule has 0 bridgehead atoms. The van der Waals surface area contributed by atoms with Gasteiger partial charge in [-0.3, -0.25) is 0 Å². The number of hydrogen-bond donors (Lipinski definition) is 2. The zero-order chi connectivity index (χ0) is 13.0. The molecule has 4 nitrogen and oxygen atoms in total. The number of nitrogens with two attached hydrogens (primary N) is 1. The van der Waals surface area contributed by atoms with E-state index >= 15 is 0 Å². The molecule has 1 aromatic rings. The SMILES string of the molecule is Cc1ccc(OCC2CCCC2)c(/C(N)=N/O)c1. The number of rotatable bonds is 4. The summed E-state index contributed by atoms with van der Waals surface area (Å²) in [6.07, 6.45) is 5.08. The molecule has 4 heteroatoms. The van der Waals surface area contributed by atoms with Gasteiger partial charge in [0.2, 0.25) is 0 Å². The first-order valence-corrected chi connectivity index (χ1v) is 6.42. The van der Waals surface area contributed by atoms with Crippen LogP contribution >= 0.6 is 0 Å². The van der Waals surface area contributed by atoms with E-state index in [1.54, 1.807) is 0 Å². The summed E-state index contributed by atoms with van der Waals surface area (Å²) < 4.78 is 5.83. The number of benzene rings is 1. The molecule has 0 spiro atoms. The zero-order valence-corrected chi connectivity index (χ0v) is 10.7. The van der Waals surface area contributed by atoms with Crippen LogP contribution in [-0.4, -0.2) is 17.6 Å². The van der Waals surface area contributed by atoms with Crippen LogP contribution in [0.3, 0.4) is 0 Å². The summed E-state index contributed by atoms with van der Waals surface area (Å²) >= 11 is 0. The van der Waals surface area contributed by atoms with Crippen LogP contribution in [0.2, 0.25) is 0 Å². The molecule has 2 rings (SSSR count). The maximum Gasteiger partial charge on any atom is 0.173 e. The minimum atomic E-state index is 0.0973. The third-order valence-corrected chi connectivity index (χ3v) is 3.47. The molecule has 1 aliphatic carbocycles. The van der Waals surface area contributed by atoms with Crippen molar-refractivity contribution in [1.29, 1.82) is 0 Å². The van der Waals surface area contributed by atoms with Crippen molar-refractivity contribution >= 4 is 5.84 Å². The molecule has 0 unspecified atom stereocenters. The molecule has 1 saturated carbocycles. The van der Waals surface area contributed by atoms with E-state index in [-0.39, 0.29) is 5.84 Å². The minimum absolute atomic E-state index is 0.0973. The van der Waals surface area contributed by atoms with Crippen molar-refractivity contribution in [1.82, 2.24) is 0 Å². The molecule has 98 valence electrons. The highest BCUT2D eigenvalue weighted by molar-refractivity contribution is 5.99. The molecule has 3 N–H and O–H groups in total. The predicted octanol–water partition coefficient (Wildman–Crippen LogP) is 2.66. The lowest BCUT2D eigenvalue weighted by atomic mass is 10.1. The molecule has 18 heavy (non-hydrogen) atoms. The fourth-order valence-electron chi connectivity index (χ4n) is 2.41. The summed E-state index contributed by atoms with van der Waals surface area (Å²) in [5.41, 5.74) is 7.39. The van der Waals surface area contributed by atoms with E-state index in [2.05, 4.69) is 5.16 Å². The first-order valence-electron chi connectivity index (χ1n) is 6.42. The van der Waals surface area contributed by atoms with Crippen LogP contribution in [0.4, 0.5) is 0 Å². The van der Waals surface area contributed by atoms with Gasteiger partial charge in [-0.2, -0.15) is 0 Å². The molecule has 0 aromatic heterocycles. The van der Waals surface area contributed by atoms with Gasteiger partial charge in [-0.25, -0.2) is 0 Å². The number of nitrogens with zero attached hydrogens (tertiary/aromatic N) is 1. The van der Waals surface area contributed by atoms with Crippen molar-refractivity contribution < 1.29 is 9.94 Å². The van der Waals surface area contributed by atoms with Crippen molar-refractivity contribution in [3.8, 4) is 5.75 Å². The lowest BCUT2D eigenvalue weighted by molar-refractivity contribution is 0.251. The van der Waals surface area contributed by atoms with Gasteiger partial charge in [0.1, 0.15) is 5.75 Å². The van der Waals surface area contributed by atoms with E-state index in [0.29, 0.717) is 17.2 Å². The molecular weight excluding hydrogens is 228 g/mol. The van der Waals surface area contributed by atoms with Crippen LogP contribution in [0, 0.1) is 12.8 Å². The zero-order valence-electron chi connectivity index (χ0n) is 10.7. The van der Waals surface area contributed by atoms with E-state index in [1.165, 1.54) is 25.7 Å². The molecule has 1 aliphatic rings. The number of hydrogen-bond acceptors (Lipinski definition) is 3. The number of ether oxygens (including phenoxy) is 1. The van der Waals surface area contributed by atoms with Crippen LogP contribution in [-0.2, 0) is 0 Å². The van der Waals surface area contributed by atoms with Crippen LogP contribution in [0.1, 0.15) is 36.8 Å². The predicted molar refractivity (Wildman–Crippen MR) is 71.1 cm³/mol. The molecule has 0 atom stereocenters. The van der Waals surface area contributed by atoms with Gasteiger partial charge in [0.25, 0.3) is 0 Å². The largest absolute Gasteiger partial charge is 0.493 e. The van der Waals surface area contributed by atoms with Crippen LogP contribution in [0.15, 0.2) is 23.4 Å². The Morgan fingerprint density at radius 3 is 2.83 bits per heavy atom. The van der Waals surface area contributed by atoms with E-state index in [1.807, 2.05) is 25.1 Å². The fraction of sp³-hybridized carbons (Fsp3) is 0.500. The van der Waals surface area contributed by atoms with Gasteiger partial charge in [-0.05, 0) is 37.8 Å². The topological polar surface area (TPSA) is 67.8 Å². The van der Waals surface area contributed by atoms with Gasteiger partial charge in [-0.1, -0.05) is 29.6 Å². The van der Waals surface area contributed by atoms with Gasteiger partial charge in [-0.15, -0.1) is 0 Å². The van der Waals surface area contributed by atoms with Gasteiger partial charge in [0.15, 0.2) is 5.84 Å². The van der Waals surface area contributed by atoms with Crippen LogP contribution < -0.4 is 10.5 Å². The normalized spacial score (nSPS) is 17.1. The average Bonchev–Trinajstić information content (AvgIpc) is 2.89. The fourth-order valence-corrected chi connectivity index (χ4v) is 2.41. The highest BCUT2D eigenvalue weighted by atomic mass is 16.5. The maximum atomic E-state index is 8.79. The average molecular weight is 248 g/mol. The first kappa shape index (κ1) is 12.7. The smallest absolute Gasteiger partial charge is 0.173 e. The maximum absolute atomic E-state index is 8.79. The second-order valence-corrected chi connectivity index (χ2v) is 4.95. The van der Waals surface area contributed by atoms with E-state index in [4.69, 9.17) is 15.7 Å². The second-order valence-electron chi connectivity index (χ2n) is 4.95. The summed E-state index contributed by atoms with van der Waals surface area (Å²) in [7, 11) is 0. The molecule has 0 heterocycles. The summed E-state index contributed by atoms with van der Waals surface area (Å²) in [6.45, 7) is 2.68. The Balaban J connectivity index is 2.10. The van der Waals surface area contributed by atoms with Crippen molar-refractivity contribution in [2.45, 2.75) is 32.6 Å². The standard InChI is InChI=1S/C14H20N2O2/c1-10-6-7-13(12(8-10)14(15)16-17)18-9-11-4-2-3-5-11/h6-8,11,17H,2-5,9H2,1H3,(H2,15,16). The van der Waals surface area contributed by atoms with Gasteiger partial charge in [0, 0.05) is 0 Å². The number of aryl methyl sites for hydroxylation is 1. The summed E-state index contributed by atoms with van der Waals surface area (Å²) in [4.78, 5) is 0. The van der Waals surface area contributed by atoms with Crippen molar-refractivity contribution in [2.24, 2.45) is 16.8 Å². The van der Waals surface area contributed by atoms with Crippen molar-refractivity contribution in [2.75, 3.05) is 6.61 Å². The lowest BCUT2D eigenvalue weighted by Gasteiger charge is -2.14. The Hall–Kier alpha value is -1.71. The minimum Gasteiger partial charge on any atom is -0.493 e. The van der Waals surface area contributed by atoms with Gasteiger partial charge in [0.05, 0.1) is 12.2 Å². The molecule has 1 fully saturated rings. The number of oxime groups is 1. The Labute approximate surface area is 107 Å². The summed E-state index contributed by atoms with van der Waals surface area (Å²) in [5.74, 6) is 1.44.